The van der Waals surface area contributed by atoms with Crippen LogP contribution in [0.3, 0.4) is 0 Å². The number of primary amides is 1. The number of aromatic nitrogens is 2. The van der Waals surface area contributed by atoms with E-state index in [1.807, 2.05) is 66.2 Å². The number of nitrogens with two attached hydrogens (primary N) is 1. The Morgan fingerprint density at radius 2 is 1.93 bits per heavy atom. The molecule has 6 nitrogen and oxygen atoms in total. The quantitative estimate of drug-likeness (QED) is 0.552. The van der Waals surface area contributed by atoms with Crippen molar-refractivity contribution in [1.82, 2.24) is 14.5 Å². The van der Waals surface area contributed by atoms with Crippen molar-refractivity contribution in [3.8, 4) is 5.69 Å². The van der Waals surface area contributed by atoms with Crippen LogP contribution in [0, 0.1) is 6.92 Å². The summed E-state index contributed by atoms with van der Waals surface area (Å²) in [6.45, 7) is 2.78. The summed E-state index contributed by atoms with van der Waals surface area (Å²) in [7, 11) is 0. The molecule has 0 aliphatic heterocycles. The summed E-state index contributed by atoms with van der Waals surface area (Å²) in [4.78, 5) is 30.2. The van der Waals surface area contributed by atoms with Crippen LogP contribution < -0.4 is 5.73 Å². The molecule has 3 rings (SSSR count). The zero-order valence-corrected chi connectivity index (χ0v) is 17.1. The molecule has 3 aromatic rings. The molecule has 0 aliphatic rings. The Balaban J connectivity index is 1.68. The first kappa shape index (κ1) is 20.7. The third-order valence-electron chi connectivity index (χ3n) is 4.41. The van der Waals surface area contributed by atoms with E-state index in [1.54, 1.807) is 11.1 Å². The van der Waals surface area contributed by atoms with Crippen LogP contribution in [-0.2, 0) is 16.1 Å². The molecule has 0 bridgehead atoms. The Morgan fingerprint density at radius 3 is 2.66 bits per heavy atom. The summed E-state index contributed by atoms with van der Waals surface area (Å²) in [6.07, 6.45) is 3.75. The summed E-state index contributed by atoms with van der Waals surface area (Å²) in [5.41, 5.74) is 8.46. The molecule has 2 N–H and O–H groups in total. The van der Waals surface area contributed by atoms with Crippen LogP contribution in [0.4, 0.5) is 0 Å². The Labute approximate surface area is 174 Å². The van der Waals surface area contributed by atoms with Crippen molar-refractivity contribution in [1.29, 1.82) is 0 Å². The van der Waals surface area contributed by atoms with Gasteiger partial charge in [0.1, 0.15) is 0 Å². The predicted octanol–water partition coefficient (Wildman–Crippen LogP) is 3.18. The van der Waals surface area contributed by atoms with E-state index >= 15 is 0 Å². The summed E-state index contributed by atoms with van der Waals surface area (Å²) >= 11 is 1.38. The Bertz CT molecular complexity index is 972. The SMILES string of the molecule is Cc1cccc(-n2ccnc2SCC(=O)N(CCC(N)=O)Cc2ccccc2)c1. The van der Waals surface area contributed by atoms with Gasteiger partial charge in [-0.25, -0.2) is 4.98 Å². The second-order valence-corrected chi connectivity index (χ2v) is 7.67. The lowest BCUT2D eigenvalue weighted by molar-refractivity contribution is -0.129. The number of aryl methyl sites for hydroxylation is 1. The number of imidazole rings is 1. The second kappa shape index (κ2) is 9.93. The number of benzene rings is 2. The topological polar surface area (TPSA) is 81.2 Å². The number of thioether (sulfide) groups is 1. The predicted molar refractivity (Wildman–Crippen MR) is 115 cm³/mol. The van der Waals surface area contributed by atoms with Crippen molar-refractivity contribution in [2.24, 2.45) is 5.73 Å². The Hall–Kier alpha value is -3.06. The summed E-state index contributed by atoms with van der Waals surface area (Å²) in [6, 6.07) is 17.8. The molecule has 0 aliphatic carbocycles. The summed E-state index contributed by atoms with van der Waals surface area (Å²) in [5.74, 6) is -0.244. The summed E-state index contributed by atoms with van der Waals surface area (Å²) in [5, 5.41) is 0.749. The molecule has 7 heteroatoms. The maximum absolute atomic E-state index is 12.9. The van der Waals surface area contributed by atoms with E-state index in [-0.39, 0.29) is 18.1 Å². The average molecular weight is 409 g/mol. The molecule has 0 radical (unpaired) electrons. The van der Waals surface area contributed by atoms with Crippen molar-refractivity contribution in [2.45, 2.75) is 25.0 Å². The molecule has 0 spiro atoms. The minimum absolute atomic E-state index is 0.0566. The molecule has 29 heavy (non-hydrogen) atoms. The van der Waals surface area contributed by atoms with Crippen LogP contribution >= 0.6 is 11.8 Å². The van der Waals surface area contributed by atoms with E-state index in [0.29, 0.717) is 13.1 Å². The third kappa shape index (κ3) is 5.96. The molecule has 2 aromatic carbocycles. The molecule has 1 heterocycles. The van der Waals surface area contributed by atoms with Crippen molar-refractivity contribution >= 4 is 23.6 Å². The van der Waals surface area contributed by atoms with Gasteiger partial charge in [-0.1, -0.05) is 54.2 Å². The lowest BCUT2D eigenvalue weighted by atomic mass is 10.2. The lowest BCUT2D eigenvalue weighted by Crippen LogP contribution is -2.34. The van der Waals surface area contributed by atoms with Gasteiger partial charge in [0.05, 0.1) is 5.75 Å². The molecular weight excluding hydrogens is 384 g/mol. The zero-order valence-electron chi connectivity index (χ0n) is 16.3. The molecule has 150 valence electrons. The maximum atomic E-state index is 12.9. The minimum atomic E-state index is -0.418. The zero-order chi connectivity index (χ0) is 20.6. The largest absolute Gasteiger partial charge is 0.370 e. The van der Waals surface area contributed by atoms with Gasteiger partial charge in [0.25, 0.3) is 0 Å². The second-order valence-electron chi connectivity index (χ2n) is 6.72. The molecule has 0 atom stereocenters. The van der Waals surface area contributed by atoms with Gasteiger partial charge in [-0.2, -0.15) is 0 Å². The number of nitrogens with zero attached hydrogens (tertiary/aromatic N) is 3. The van der Waals surface area contributed by atoms with Crippen molar-refractivity contribution < 1.29 is 9.59 Å². The fourth-order valence-corrected chi connectivity index (χ4v) is 3.81. The van der Waals surface area contributed by atoms with E-state index in [2.05, 4.69) is 11.1 Å². The molecule has 0 saturated carbocycles. The lowest BCUT2D eigenvalue weighted by Gasteiger charge is -2.22. The number of carbonyl (C=O) groups is 2. The van der Waals surface area contributed by atoms with Crippen LogP contribution in [0.15, 0.2) is 72.1 Å². The Morgan fingerprint density at radius 1 is 1.14 bits per heavy atom. The standard InChI is InChI=1S/C22H24N4O2S/c1-17-6-5-9-19(14-17)26-13-11-24-22(26)29-16-21(28)25(12-10-20(23)27)15-18-7-3-2-4-8-18/h2-9,11,13-14H,10,12,15-16H2,1H3,(H2,23,27). The average Bonchev–Trinajstić information content (AvgIpc) is 3.18. The number of carbonyl (C=O) groups excluding carboxylic acids is 2. The van der Waals surface area contributed by atoms with Crippen molar-refractivity contribution in [3.05, 3.63) is 78.1 Å². The normalized spacial score (nSPS) is 10.7. The molecule has 0 fully saturated rings. The van der Waals surface area contributed by atoms with E-state index in [9.17, 15) is 9.59 Å². The van der Waals surface area contributed by atoms with Crippen molar-refractivity contribution in [2.75, 3.05) is 12.3 Å². The number of amides is 2. The summed E-state index contributed by atoms with van der Waals surface area (Å²) < 4.78 is 1.97. The van der Waals surface area contributed by atoms with Crippen LogP contribution in [0.1, 0.15) is 17.5 Å². The maximum Gasteiger partial charge on any atom is 0.233 e. The molecule has 0 saturated heterocycles. The van der Waals surface area contributed by atoms with Gasteiger partial charge in [-0.3, -0.25) is 14.2 Å². The first-order valence-corrected chi connectivity index (χ1v) is 10.3. The van der Waals surface area contributed by atoms with Crippen LogP contribution in [0.25, 0.3) is 5.69 Å². The number of hydrogen-bond acceptors (Lipinski definition) is 4. The molecule has 0 unspecified atom stereocenters. The fraction of sp³-hybridized carbons (Fsp3) is 0.227. The number of hydrogen-bond donors (Lipinski definition) is 1. The highest BCUT2D eigenvalue weighted by molar-refractivity contribution is 7.99. The third-order valence-corrected chi connectivity index (χ3v) is 5.36. The molecular formula is C22H24N4O2S. The van der Waals surface area contributed by atoms with Gasteiger partial charge < -0.3 is 10.6 Å². The molecule has 2 amide bonds. The minimum Gasteiger partial charge on any atom is -0.370 e. The van der Waals surface area contributed by atoms with Gasteiger partial charge >= 0.3 is 0 Å². The van der Waals surface area contributed by atoms with Crippen LogP contribution in [0.2, 0.25) is 0 Å². The first-order chi connectivity index (χ1) is 14.0. The molecule has 1 aromatic heterocycles. The van der Waals surface area contributed by atoms with Gasteiger partial charge in [-0.05, 0) is 30.2 Å². The number of rotatable bonds is 9. The van der Waals surface area contributed by atoms with E-state index in [0.717, 1.165) is 22.0 Å². The van der Waals surface area contributed by atoms with Gasteiger partial charge in [0.2, 0.25) is 11.8 Å². The van der Waals surface area contributed by atoms with Gasteiger partial charge in [0.15, 0.2) is 5.16 Å². The van der Waals surface area contributed by atoms with Gasteiger partial charge in [0, 0.05) is 37.6 Å². The highest BCUT2D eigenvalue weighted by atomic mass is 32.2. The highest BCUT2D eigenvalue weighted by Gasteiger charge is 2.17. The van der Waals surface area contributed by atoms with E-state index in [1.165, 1.54) is 11.8 Å². The van der Waals surface area contributed by atoms with Gasteiger partial charge in [-0.15, -0.1) is 0 Å². The van der Waals surface area contributed by atoms with E-state index < -0.39 is 5.91 Å². The highest BCUT2D eigenvalue weighted by Crippen LogP contribution is 2.22. The van der Waals surface area contributed by atoms with Crippen LogP contribution in [0.5, 0.6) is 0 Å². The first-order valence-electron chi connectivity index (χ1n) is 9.36. The smallest absolute Gasteiger partial charge is 0.233 e. The fourth-order valence-electron chi connectivity index (χ4n) is 2.93. The monoisotopic (exact) mass is 408 g/mol. The Kier molecular flexibility index (Phi) is 7.08. The van der Waals surface area contributed by atoms with E-state index in [4.69, 9.17) is 5.73 Å². The van der Waals surface area contributed by atoms with Crippen LogP contribution in [-0.4, -0.2) is 38.6 Å². The van der Waals surface area contributed by atoms with Crippen molar-refractivity contribution in [3.63, 3.8) is 0 Å².